The number of likely N-dealkylation sites (tertiary alicyclic amines) is 1. The summed E-state index contributed by atoms with van der Waals surface area (Å²) in [7, 11) is -2.11. The molecule has 1 aliphatic heterocycles. The second-order valence-corrected chi connectivity index (χ2v) is 8.12. The highest BCUT2D eigenvalue weighted by Gasteiger charge is 2.41. The highest BCUT2D eigenvalue weighted by molar-refractivity contribution is 7.94. The van der Waals surface area contributed by atoms with Crippen LogP contribution in [0, 0.1) is 0 Å². The molecule has 0 saturated carbocycles. The van der Waals surface area contributed by atoms with Crippen LogP contribution < -0.4 is 5.73 Å². The number of nitrogens with zero attached hydrogens (tertiary/aromatic N) is 2. The summed E-state index contributed by atoms with van der Waals surface area (Å²) in [6.07, 6.45) is 0.315. The summed E-state index contributed by atoms with van der Waals surface area (Å²) in [5.41, 5.74) is 6.82. The molecule has 106 valence electrons. The fraction of sp³-hybridized carbons (Fsp3) is 0.333. The Bertz CT molecular complexity index is 797. The van der Waals surface area contributed by atoms with Gasteiger partial charge in [-0.25, -0.2) is 13.4 Å². The molecular formula is C12H13N3O3S2. The highest BCUT2D eigenvalue weighted by atomic mass is 32.2. The van der Waals surface area contributed by atoms with E-state index in [9.17, 15) is 13.2 Å². The molecule has 1 aliphatic rings. The third-order valence-electron chi connectivity index (χ3n) is 3.39. The van der Waals surface area contributed by atoms with E-state index in [1.165, 1.54) is 4.90 Å². The molecule has 1 aromatic carbocycles. The van der Waals surface area contributed by atoms with Gasteiger partial charge in [0.1, 0.15) is 5.25 Å². The molecule has 1 saturated heterocycles. The fourth-order valence-corrected chi connectivity index (χ4v) is 5.40. The van der Waals surface area contributed by atoms with Crippen molar-refractivity contribution in [3.8, 4) is 0 Å². The van der Waals surface area contributed by atoms with Crippen LogP contribution in [0.3, 0.4) is 0 Å². The Balaban J connectivity index is 2.07. The zero-order valence-corrected chi connectivity index (χ0v) is 12.4. The van der Waals surface area contributed by atoms with E-state index in [4.69, 9.17) is 5.73 Å². The van der Waals surface area contributed by atoms with Crippen LogP contribution in [0.5, 0.6) is 0 Å². The number of aromatic nitrogens is 1. The predicted octanol–water partition coefficient (Wildman–Crippen LogP) is 0.883. The van der Waals surface area contributed by atoms with Gasteiger partial charge in [-0.3, -0.25) is 4.79 Å². The van der Waals surface area contributed by atoms with Gasteiger partial charge in [-0.05, 0) is 24.6 Å². The van der Waals surface area contributed by atoms with Crippen molar-refractivity contribution in [2.45, 2.75) is 16.0 Å². The van der Waals surface area contributed by atoms with E-state index < -0.39 is 15.1 Å². The average Bonchev–Trinajstić information content (AvgIpc) is 2.94. The van der Waals surface area contributed by atoms with Gasteiger partial charge in [0.05, 0.1) is 10.2 Å². The SMILES string of the molecule is CN1CCC(S(=O)(=O)c2nc3ccc(N)cc3s2)C1=O. The number of rotatable bonds is 2. The van der Waals surface area contributed by atoms with Gasteiger partial charge in [0.15, 0.2) is 0 Å². The van der Waals surface area contributed by atoms with Crippen molar-refractivity contribution in [2.24, 2.45) is 0 Å². The molecule has 0 radical (unpaired) electrons. The number of fused-ring (bicyclic) bond motifs is 1. The van der Waals surface area contributed by atoms with E-state index in [0.717, 1.165) is 11.3 Å². The number of benzene rings is 1. The number of hydrogen-bond donors (Lipinski definition) is 1. The normalized spacial score (nSPS) is 19.9. The lowest BCUT2D eigenvalue weighted by Gasteiger charge is -2.09. The van der Waals surface area contributed by atoms with E-state index in [2.05, 4.69) is 4.98 Å². The van der Waals surface area contributed by atoms with E-state index in [0.29, 0.717) is 28.9 Å². The standard InChI is InChI=1S/C12H13N3O3S2/c1-15-5-4-10(11(15)16)20(17,18)12-14-8-3-2-7(13)6-9(8)19-12/h2-3,6,10H,4-5,13H2,1H3. The fourth-order valence-electron chi connectivity index (χ4n) is 2.24. The van der Waals surface area contributed by atoms with Crippen molar-refractivity contribution < 1.29 is 13.2 Å². The van der Waals surface area contributed by atoms with Crippen LogP contribution in [0.4, 0.5) is 5.69 Å². The molecule has 6 nitrogen and oxygen atoms in total. The number of hydrogen-bond acceptors (Lipinski definition) is 6. The van der Waals surface area contributed by atoms with Gasteiger partial charge in [0.2, 0.25) is 20.1 Å². The van der Waals surface area contributed by atoms with Crippen LogP contribution in [-0.2, 0) is 14.6 Å². The van der Waals surface area contributed by atoms with E-state index in [1.807, 2.05) is 0 Å². The molecule has 0 bridgehead atoms. The molecule has 1 aromatic heterocycles. The predicted molar refractivity (Wildman–Crippen MR) is 77.3 cm³/mol. The molecule has 2 N–H and O–H groups in total. The molecule has 2 heterocycles. The molecular weight excluding hydrogens is 298 g/mol. The number of carbonyl (C=O) groups is 1. The summed E-state index contributed by atoms with van der Waals surface area (Å²) >= 11 is 1.06. The summed E-state index contributed by atoms with van der Waals surface area (Å²) in [6.45, 7) is 0.459. The molecule has 0 aliphatic carbocycles. The Morgan fingerprint density at radius 2 is 2.20 bits per heavy atom. The molecule has 1 atom stereocenters. The van der Waals surface area contributed by atoms with Gasteiger partial charge in [0, 0.05) is 19.3 Å². The minimum Gasteiger partial charge on any atom is -0.399 e. The van der Waals surface area contributed by atoms with Crippen molar-refractivity contribution in [2.75, 3.05) is 19.3 Å². The molecule has 1 amide bonds. The number of nitrogens with two attached hydrogens (primary N) is 1. The lowest BCUT2D eigenvalue weighted by atomic mass is 10.3. The number of nitrogen functional groups attached to an aromatic ring is 1. The van der Waals surface area contributed by atoms with Crippen LogP contribution in [-0.4, -0.2) is 43.1 Å². The molecule has 0 spiro atoms. The van der Waals surface area contributed by atoms with E-state index in [1.54, 1.807) is 25.2 Å². The molecule has 1 fully saturated rings. The maximum Gasteiger partial charge on any atom is 0.241 e. The lowest BCUT2D eigenvalue weighted by molar-refractivity contribution is -0.126. The highest BCUT2D eigenvalue weighted by Crippen LogP contribution is 2.31. The summed E-state index contributed by atoms with van der Waals surface area (Å²) in [5.74, 6) is -0.358. The molecule has 20 heavy (non-hydrogen) atoms. The molecule has 2 aromatic rings. The number of thiazole rings is 1. The van der Waals surface area contributed by atoms with Crippen molar-refractivity contribution in [1.82, 2.24) is 9.88 Å². The monoisotopic (exact) mass is 311 g/mol. The largest absolute Gasteiger partial charge is 0.399 e. The van der Waals surface area contributed by atoms with Crippen LogP contribution in [0.2, 0.25) is 0 Å². The third-order valence-corrected chi connectivity index (χ3v) is 6.91. The second-order valence-electron chi connectivity index (χ2n) is 4.79. The Labute approximate surface area is 120 Å². The first-order chi connectivity index (χ1) is 9.39. The number of anilines is 1. The van der Waals surface area contributed by atoms with Crippen LogP contribution in [0.1, 0.15) is 6.42 Å². The van der Waals surface area contributed by atoms with E-state index in [-0.39, 0.29) is 10.2 Å². The van der Waals surface area contributed by atoms with Crippen molar-refractivity contribution in [3.05, 3.63) is 18.2 Å². The Kier molecular flexibility index (Phi) is 2.94. The zero-order valence-electron chi connectivity index (χ0n) is 10.7. The molecule has 1 unspecified atom stereocenters. The molecule has 3 rings (SSSR count). The zero-order chi connectivity index (χ0) is 14.5. The average molecular weight is 311 g/mol. The van der Waals surface area contributed by atoms with Crippen LogP contribution in [0.15, 0.2) is 22.5 Å². The maximum atomic E-state index is 12.5. The second kappa shape index (κ2) is 4.42. The van der Waals surface area contributed by atoms with Crippen LogP contribution >= 0.6 is 11.3 Å². The van der Waals surface area contributed by atoms with Gasteiger partial charge < -0.3 is 10.6 Å². The first-order valence-electron chi connectivity index (χ1n) is 6.04. The first-order valence-corrected chi connectivity index (χ1v) is 8.41. The summed E-state index contributed by atoms with van der Waals surface area (Å²) in [4.78, 5) is 17.5. The number of amides is 1. The number of carbonyl (C=O) groups excluding carboxylic acids is 1. The Hall–Kier alpha value is -1.67. The number of sulfone groups is 1. The van der Waals surface area contributed by atoms with Gasteiger partial charge in [-0.15, -0.1) is 11.3 Å². The topological polar surface area (TPSA) is 93.4 Å². The quantitative estimate of drug-likeness (QED) is 0.831. The Morgan fingerprint density at radius 3 is 2.85 bits per heavy atom. The smallest absolute Gasteiger partial charge is 0.241 e. The van der Waals surface area contributed by atoms with Crippen molar-refractivity contribution >= 4 is 43.0 Å². The van der Waals surface area contributed by atoms with Gasteiger partial charge >= 0.3 is 0 Å². The minimum atomic E-state index is -3.72. The first kappa shape index (κ1) is 13.3. The summed E-state index contributed by atoms with van der Waals surface area (Å²) < 4.78 is 25.7. The van der Waals surface area contributed by atoms with Gasteiger partial charge in [0.25, 0.3) is 0 Å². The minimum absolute atomic E-state index is 0.00764. The van der Waals surface area contributed by atoms with Gasteiger partial charge in [-0.2, -0.15) is 0 Å². The van der Waals surface area contributed by atoms with Crippen molar-refractivity contribution in [1.29, 1.82) is 0 Å². The summed E-state index contributed by atoms with van der Waals surface area (Å²) in [5, 5.41) is -1.01. The maximum absolute atomic E-state index is 12.5. The summed E-state index contributed by atoms with van der Waals surface area (Å²) in [6, 6.07) is 5.05. The third kappa shape index (κ3) is 1.95. The lowest BCUT2D eigenvalue weighted by Crippen LogP contribution is -2.31. The molecule has 8 heteroatoms. The van der Waals surface area contributed by atoms with Crippen molar-refractivity contribution in [3.63, 3.8) is 0 Å². The van der Waals surface area contributed by atoms with E-state index >= 15 is 0 Å². The van der Waals surface area contributed by atoms with Crippen LogP contribution in [0.25, 0.3) is 10.2 Å². The van der Waals surface area contributed by atoms with Gasteiger partial charge in [-0.1, -0.05) is 0 Å². The Morgan fingerprint density at radius 1 is 1.45 bits per heavy atom.